The van der Waals surface area contributed by atoms with E-state index in [0.29, 0.717) is 6.07 Å². The molecule has 0 saturated heterocycles. The molecule has 1 fully saturated rings. The molecule has 1 aromatic carbocycles. The van der Waals surface area contributed by atoms with E-state index >= 15 is 0 Å². The van der Waals surface area contributed by atoms with Gasteiger partial charge in [-0.3, -0.25) is 24.7 Å². The number of hydrogen-bond donors (Lipinski definition) is 0. The second-order valence-corrected chi connectivity index (χ2v) is 5.64. The van der Waals surface area contributed by atoms with Crippen molar-refractivity contribution in [3.05, 3.63) is 38.4 Å². The summed E-state index contributed by atoms with van der Waals surface area (Å²) in [5.74, 6) is -6.81. The number of aliphatic imine (C=N–C) groups is 1. The summed E-state index contributed by atoms with van der Waals surface area (Å²) < 4.78 is 32.6. The molecule has 25 heavy (non-hydrogen) atoms. The first-order valence-corrected chi connectivity index (χ1v) is 7.71. The molecule has 1 aliphatic rings. The molecule has 0 amide bonds. The van der Waals surface area contributed by atoms with Crippen LogP contribution in [0, 0.1) is 27.7 Å². The molecule has 134 valence electrons. The molecule has 1 atom stereocenters. The lowest BCUT2D eigenvalue weighted by Crippen LogP contribution is -2.29. The number of carbonyl (C=O) groups is 2. The predicted molar refractivity (Wildman–Crippen MR) is 84.0 cm³/mol. The van der Waals surface area contributed by atoms with E-state index in [1.54, 1.807) is 0 Å². The van der Waals surface area contributed by atoms with Crippen molar-refractivity contribution >= 4 is 35.3 Å². The molecule has 1 unspecified atom stereocenters. The van der Waals surface area contributed by atoms with Crippen molar-refractivity contribution in [1.29, 1.82) is 0 Å². The second-order valence-electron chi connectivity index (χ2n) is 5.27. The highest BCUT2D eigenvalue weighted by Crippen LogP contribution is 2.31. The van der Waals surface area contributed by atoms with Crippen molar-refractivity contribution in [2.24, 2.45) is 10.9 Å². The van der Waals surface area contributed by atoms with Gasteiger partial charge in [0.25, 0.3) is 0 Å². The number of esters is 1. The number of Topliss-reactive ketones (excluding diaryl/α,β-unsaturated/α-hetero) is 1. The Morgan fingerprint density at radius 1 is 1.48 bits per heavy atom. The van der Waals surface area contributed by atoms with E-state index in [-0.39, 0.29) is 12.6 Å². The molecular weight excluding hydrogens is 362 g/mol. The fourth-order valence-electron chi connectivity index (χ4n) is 1.97. The van der Waals surface area contributed by atoms with Gasteiger partial charge in [-0.15, -0.1) is 0 Å². The van der Waals surface area contributed by atoms with Crippen molar-refractivity contribution in [3.8, 4) is 0 Å². The van der Waals surface area contributed by atoms with Crippen LogP contribution in [0.2, 0.25) is 5.02 Å². The van der Waals surface area contributed by atoms with Gasteiger partial charge in [0.05, 0.1) is 17.1 Å². The Hall–Kier alpha value is -2.42. The quantitative estimate of drug-likeness (QED) is 0.139. The number of nitrogens with zero attached hydrogens (tertiary/aromatic N) is 2. The minimum absolute atomic E-state index is 0.0271. The van der Waals surface area contributed by atoms with Crippen LogP contribution in [-0.2, 0) is 9.53 Å². The molecule has 2 rings (SSSR count). The third-order valence-corrected chi connectivity index (χ3v) is 3.74. The maximum atomic E-state index is 14.2. The van der Waals surface area contributed by atoms with E-state index < -0.39 is 50.5 Å². The zero-order valence-electron chi connectivity index (χ0n) is 13.0. The Labute approximate surface area is 145 Å². The molecule has 1 saturated carbocycles. The van der Waals surface area contributed by atoms with E-state index in [0.717, 1.165) is 19.1 Å². The number of hydrogen-bond acceptors (Lipinski definition) is 6. The first-order valence-electron chi connectivity index (χ1n) is 7.33. The lowest BCUT2D eigenvalue weighted by molar-refractivity contribution is -0.387. The van der Waals surface area contributed by atoms with Crippen LogP contribution < -0.4 is 0 Å². The number of benzene rings is 1. The van der Waals surface area contributed by atoms with Crippen LogP contribution >= 0.6 is 11.6 Å². The maximum absolute atomic E-state index is 14.2. The molecule has 0 spiro atoms. The van der Waals surface area contributed by atoms with E-state index in [4.69, 9.17) is 16.3 Å². The highest BCUT2D eigenvalue weighted by Gasteiger charge is 2.34. The van der Waals surface area contributed by atoms with Gasteiger partial charge in [0.1, 0.15) is 5.02 Å². The fourth-order valence-corrected chi connectivity index (χ4v) is 2.17. The van der Waals surface area contributed by atoms with Crippen molar-refractivity contribution < 1.29 is 28.0 Å². The van der Waals surface area contributed by atoms with Gasteiger partial charge >= 0.3 is 11.7 Å². The van der Waals surface area contributed by atoms with Crippen molar-refractivity contribution in [3.63, 3.8) is 0 Å². The van der Waals surface area contributed by atoms with Gasteiger partial charge in [-0.25, -0.2) is 4.39 Å². The minimum Gasteiger partial charge on any atom is -0.465 e. The molecule has 1 aliphatic carbocycles. The summed E-state index contributed by atoms with van der Waals surface area (Å²) in [6.07, 6.45) is 2.62. The number of nitro groups is 1. The Bertz CT molecular complexity index is 765. The van der Waals surface area contributed by atoms with Crippen molar-refractivity contribution in [2.75, 3.05) is 6.61 Å². The van der Waals surface area contributed by atoms with Gasteiger partial charge in [-0.2, -0.15) is 4.39 Å². The van der Waals surface area contributed by atoms with Crippen LogP contribution in [-0.4, -0.2) is 35.5 Å². The smallest absolute Gasteiger partial charge is 0.322 e. The summed E-state index contributed by atoms with van der Waals surface area (Å²) in [4.78, 5) is 38.2. The lowest BCUT2D eigenvalue weighted by Gasteiger charge is -2.12. The monoisotopic (exact) mass is 374 g/mol. The van der Waals surface area contributed by atoms with Crippen LogP contribution in [0.4, 0.5) is 14.5 Å². The van der Waals surface area contributed by atoms with Gasteiger partial charge in [-0.05, 0) is 19.8 Å². The minimum atomic E-state index is -1.60. The Morgan fingerprint density at radius 2 is 2.12 bits per heavy atom. The van der Waals surface area contributed by atoms with Crippen molar-refractivity contribution in [1.82, 2.24) is 0 Å². The van der Waals surface area contributed by atoms with Crippen LogP contribution in [0.15, 0.2) is 11.1 Å². The average Bonchev–Trinajstić information content (AvgIpc) is 3.37. The number of halogens is 3. The summed E-state index contributed by atoms with van der Waals surface area (Å²) in [5, 5.41) is 9.65. The van der Waals surface area contributed by atoms with Gasteiger partial charge in [0, 0.05) is 18.3 Å². The largest absolute Gasteiger partial charge is 0.465 e. The Balaban J connectivity index is 2.47. The summed E-state index contributed by atoms with van der Waals surface area (Å²) in [6.45, 7) is 1.48. The first kappa shape index (κ1) is 18.9. The zero-order valence-corrected chi connectivity index (χ0v) is 13.8. The average molecular weight is 375 g/mol. The summed E-state index contributed by atoms with van der Waals surface area (Å²) in [6, 6.07) is 0.386. The van der Waals surface area contributed by atoms with E-state index in [2.05, 4.69) is 4.99 Å². The molecular formula is C15H13ClF2N2O5. The van der Waals surface area contributed by atoms with Crippen LogP contribution in [0.5, 0.6) is 0 Å². The van der Waals surface area contributed by atoms with Gasteiger partial charge < -0.3 is 4.74 Å². The predicted octanol–water partition coefficient (Wildman–Crippen LogP) is 3.12. The molecule has 0 aliphatic heterocycles. The molecule has 10 heteroatoms. The van der Waals surface area contributed by atoms with Gasteiger partial charge in [-0.1, -0.05) is 11.6 Å². The fraction of sp³-hybridized carbons (Fsp3) is 0.400. The number of carbonyl (C=O) groups excluding carboxylic acids is 2. The summed E-state index contributed by atoms with van der Waals surface area (Å²) in [7, 11) is 0. The molecule has 1 aromatic rings. The Morgan fingerprint density at radius 3 is 2.64 bits per heavy atom. The van der Waals surface area contributed by atoms with E-state index in [9.17, 15) is 28.5 Å². The highest BCUT2D eigenvalue weighted by atomic mass is 35.5. The number of ketones is 1. The van der Waals surface area contributed by atoms with Crippen LogP contribution in [0.25, 0.3) is 0 Å². The zero-order chi connectivity index (χ0) is 18.7. The van der Waals surface area contributed by atoms with Gasteiger partial charge in [0.2, 0.25) is 5.82 Å². The maximum Gasteiger partial charge on any atom is 0.322 e. The Kier molecular flexibility index (Phi) is 5.78. The number of ether oxygens (including phenoxy) is 1. The molecule has 0 radical (unpaired) electrons. The van der Waals surface area contributed by atoms with E-state index in [1.807, 2.05) is 0 Å². The molecule has 0 bridgehead atoms. The second kappa shape index (κ2) is 7.64. The standard InChI is InChI=1S/C15H13ClF2N2O5/c1-2-25-15(22)9(6-19-7-3-4-7)14(21)8-5-10(20(23)24)13(18)11(16)12(8)17/h5-7,9H,2-4H2,1H3. The van der Waals surface area contributed by atoms with Crippen molar-refractivity contribution in [2.45, 2.75) is 25.8 Å². The normalized spacial score (nSPS) is 15.2. The van der Waals surface area contributed by atoms with Gasteiger partial charge in [0.15, 0.2) is 17.5 Å². The third kappa shape index (κ3) is 4.16. The number of nitro benzene ring substituents is 1. The summed E-state index contributed by atoms with van der Waals surface area (Å²) in [5.41, 5.74) is -2.05. The molecule has 0 heterocycles. The SMILES string of the molecule is CCOC(=O)C(C=NC1CC1)C(=O)c1cc([N+](=O)[O-])c(F)c(Cl)c1F. The van der Waals surface area contributed by atoms with Crippen LogP contribution in [0.1, 0.15) is 30.1 Å². The summed E-state index contributed by atoms with van der Waals surface area (Å²) >= 11 is 5.40. The molecule has 7 nitrogen and oxygen atoms in total. The highest BCUT2D eigenvalue weighted by molar-refractivity contribution is 6.32. The lowest BCUT2D eigenvalue weighted by atomic mass is 9.97. The van der Waals surface area contributed by atoms with Crippen LogP contribution in [0.3, 0.4) is 0 Å². The first-order chi connectivity index (χ1) is 11.8. The number of rotatable bonds is 7. The van der Waals surface area contributed by atoms with E-state index in [1.165, 1.54) is 6.92 Å². The molecule has 0 N–H and O–H groups in total. The molecule has 0 aromatic heterocycles. The topological polar surface area (TPSA) is 98.9 Å². The third-order valence-electron chi connectivity index (χ3n) is 3.41.